The summed E-state index contributed by atoms with van der Waals surface area (Å²) in [4.78, 5) is 16.7. The van der Waals surface area contributed by atoms with Crippen LogP contribution in [0.4, 0.5) is 0 Å². The van der Waals surface area contributed by atoms with Crippen LogP contribution in [0, 0.1) is 6.07 Å². The fourth-order valence-corrected chi connectivity index (χ4v) is 2.69. The smallest absolute Gasteiger partial charge is 0.238 e. The van der Waals surface area contributed by atoms with Gasteiger partial charge in [0.05, 0.1) is 0 Å². The molecule has 1 radical (unpaired) electrons. The van der Waals surface area contributed by atoms with Crippen LogP contribution >= 0.6 is 11.8 Å². The van der Waals surface area contributed by atoms with E-state index in [1.807, 2.05) is 43.3 Å². The van der Waals surface area contributed by atoms with E-state index in [4.69, 9.17) is 5.73 Å². The SMILES string of the molecule is CC(Sc1cc[c]cc1)(C(N)=O)c1ccncc1. The summed E-state index contributed by atoms with van der Waals surface area (Å²) < 4.78 is -0.801. The van der Waals surface area contributed by atoms with E-state index in [0.717, 1.165) is 10.5 Å². The molecule has 1 aromatic heterocycles. The Hall–Kier alpha value is -1.81. The molecule has 0 saturated carbocycles. The summed E-state index contributed by atoms with van der Waals surface area (Å²) in [6.45, 7) is 1.83. The summed E-state index contributed by atoms with van der Waals surface area (Å²) in [6, 6.07) is 14.0. The van der Waals surface area contributed by atoms with E-state index in [0.29, 0.717) is 0 Å². The van der Waals surface area contributed by atoms with E-state index in [1.165, 1.54) is 11.8 Å². The molecule has 18 heavy (non-hydrogen) atoms. The predicted molar refractivity (Wildman–Crippen MR) is 71.9 cm³/mol. The summed E-state index contributed by atoms with van der Waals surface area (Å²) in [5.41, 5.74) is 6.41. The lowest BCUT2D eigenvalue weighted by Gasteiger charge is -2.25. The van der Waals surface area contributed by atoms with Crippen LogP contribution in [0.25, 0.3) is 0 Å². The Bertz CT molecular complexity index is 530. The van der Waals surface area contributed by atoms with Crippen molar-refractivity contribution in [3.8, 4) is 0 Å². The molecule has 2 aromatic rings. The number of pyridine rings is 1. The molecular formula is C14H13N2OS. The van der Waals surface area contributed by atoms with Crippen LogP contribution in [0.2, 0.25) is 0 Å². The summed E-state index contributed by atoms with van der Waals surface area (Å²) in [5, 5.41) is 0. The standard InChI is InChI=1S/C14H13N2OS/c1-14(13(15)17,11-7-9-16-10-8-11)18-12-5-3-2-4-6-12/h3-10H,1H3,(H2,15,17). The van der Waals surface area contributed by atoms with Gasteiger partial charge in [0.25, 0.3) is 0 Å². The van der Waals surface area contributed by atoms with Gasteiger partial charge >= 0.3 is 0 Å². The van der Waals surface area contributed by atoms with E-state index in [-0.39, 0.29) is 5.91 Å². The van der Waals surface area contributed by atoms with E-state index in [9.17, 15) is 4.79 Å². The first-order chi connectivity index (χ1) is 8.63. The number of benzene rings is 1. The Morgan fingerprint density at radius 2 is 1.89 bits per heavy atom. The number of carbonyl (C=O) groups excluding carboxylic acids is 1. The maximum atomic E-state index is 11.8. The van der Waals surface area contributed by atoms with E-state index in [2.05, 4.69) is 11.1 Å². The zero-order chi connectivity index (χ0) is 13.0. The molecule has 1 aromatic carbocycles. The largest absolute Gasteiger partial charge is 0.368 e. The fraction of sp³-hybridized carbons (Fsp3) is 0.143. The van der Waals surface area contributed by atoms with Gasteiger partial charge in [-0.15, -0.1) is 11.8 Å². The summed E-state index contributed by atoms with van der Waals surface area (Å²) in [5.74, 6) is -0.369. The molecule has 1 amide bonds. The number of amides is 1. The van der Waals surface area contributed by atoms with Gasteiger partial charge in [-0.2, -0.15) is 0 Å². The molecule has 0 bridgehead atoms. The van der Waals surface area contributed by atoms with Crippen LogP contribution < -0.4 is 5.73 Å². The first kappa shape index (κ1) is 12.6. The topological polar surface area (TPSA) is 56.0 Å². The number of aromatic nitrogens is 1. The van der Waals surface area contributed by atoms with Crippen LogP contribution in [-0.2, 0) is 9.54 Å². The minimum absolute atomic E-state index is 0.369. The van der Waals surface area contributed by atoms with Gasteiger partial charge in [-0.25, -0.2) is 0 Å². The molecule has 91 valence electrons. The van der Waals surface area contributed by atoms with Crippen molar-refractivity contribution in [2.24, 2.45) is 5.73 Å². The third-order valence-electron chi connectivity index (χ3n) is 2.71. The minimum Gasteiger partial charge on any atom is -0.368 e. The van der Waals surface area contributed by atoms with E-state index in [1.54, 1.807) is 12.4 Å². The average Bonchev–Trinajstić information content (AvgIpc) is 2.40. The van der Waals surface area contributed by atoms with Crippen molar-refractivity contribution in [1.29, 1.82) is 0 Å². The monoisotopic (exact) mass is 257 g/mol. The second-order valence-corrected chi connectivity index (χ2v) is 5.46. The molecule has 3 nitrogen and oxygen atoms in total. The number of nitrogens with two attached hydrogens (primary N) is 1. The maximum absolute atomic E-state index is 11.8. The molecular weight excluding hydrogens is 244 g/mol. The van der Waals surface area contributed by atoms with Crippen LogP contribution in [0.3, 0.4) is 0 Å². The number of primary amides is 1. The van der Waals surface area contributed by atoms with Crippen molar-refractivity contribution < 1.29 is 4.79 Å². The second kappa shape index (κ2) is 5.23. The number of hydrogen-bond donors (Lipinski definition) is 1. The van der Waals surface area contributed by atoms with Crippen LogP contribution in [-0.4, -0.2) is 10.9 Å². The first-order valence-electron chi connectivity index (χ1n) is 5.48. The van der Waals surface area contributed by atoms with Gasteiger partial charge in [0.1, 0.15) is 4.75 Å². The Labute approximate surface area is 110 Å². The molecule has 0 aliphatic heterocycles. The zero-order valence-corrected chi connectivity index (χ0v) is 10.8. The Kier molecular flexibility index (Phi) is 3.67. The van der Waals surface area contributed by atoms with E-state index < -0.39 is 4.75 Å². The van der Waals surface area contributed by atoms with Crippen molar-refractivity contribution in [1.82, 2.24) is 4.98 Å². The van der Waals surface area contributed by atoms with Crippen LogP contribution in [0.5, 0.6) is 0 Å². The highest BCUT2D eigenvalue weighted by molar-refractivity contribution is 8.01. The molecule has 2 N–H and O–H groups in total. The number of rotatable bonds is 4. The molecule has 1 heterocycles. The Morgan fingerprint density at radius 1 is 1.28 bits per heavy atom. The molecule has 0 aliphatic rings. The zero-order valence-electron chi connectivity index (χ0n) is 9.96. The molecule has 0 fully saturated rings. The Morgan fingerprint density at radius 3 is 2.44 bits per heavy atom. The van der Waals surface area contributed by atoms with Gasteiger partial charge < -0.3 is 5.73 Å². The lowest BCUT2D eigenvalue weighted by atomic mass is 10.0. The predicted octanol–water partition coefficient (Wildman–Crippen LogP) is 2.37. The van der Waals surface area contributed by atoms with Gasteiger partial charge in [0.15, 0.2) is 0 Å². The first-order valence-corrected chi connectivity index (χ1v) is 6.30. The number of carbonyl (C=O) groups is 1. The highest BCUT2D eigenvalue weighted by Crippen LogP contribution is 2.40. The van der Waals surface area contributed by atoms with Gasteiger partial charge in [-0.05, 0) is 42.8 Å². The second-order valence-electron chi connectivity index (χ2n) is 3.97. The van der Waals surface area contributed by atoms with Crippen molar-refractivity contribution in [3.05, 3.63) is 60.4 Å². The van der Waals surface area contributed by atoms with Crippen molar-refractivity contribution in [3.63, 3.8) is 0 Å². The summed E-state index contributed by atoms with van der Waals surface area (Å²) in [6.07, 6.45) is 3.33. The van der Waals surface area contributed by atoms with Gasteiger partial charge in [0, 0.05) is 17.3 Å². The maximum Gasteiger partial charge on any atom is 0.238 e. The fourth-order valence-electron chi connectivity index (χ4n) is 1.60. The summed E-state index contributed by atoms with van der Waals surface area (Å²) >= 11 is 1.43. The van der Waals surface area contributed by atoms with Gasteiger partial charge in [-0.1, -0.05) is 12.1 Å². The van der Waals surface area contributed by atoms with E-state index >= 15 is 0 Å². The molecule has 1 unspecified atom stereocenters. The van der Waals surface area contributed by atoms with Crippen molar-refractivity contribution >= 4 is 17.7 Å². The normalized spacial score (nSPS) is 13.8. The van der Waals surface area contributed by atoms with Crippen LogP contribution in [0.1, 0.15) is 12.5 Å². The lowest BCUT2D eigenvalue weighted by molar-refractivity contribution is -0.120. The number of hydrogen-bond acceptors (Lipinski definition) is 3. The van der Waals surface area contributed by atoms with Crippen molar-refractivity contribution in [2.45, 2.75) is 16.6 Å². The lowest BCUT2D eigenvalue weighted by Crippen LogP contribution is -2.35. The average molecular weight is 257 g/mol. The Balaban J connectivity index is 2.37. The van der Waals surface area contributed by atoms with Crippen molar-refractivity contribution in [2.75, 3.05) is 0 Å². The van der Waals surface area contributed by atoms with Gasteiger partial charge in [-0.3, -0.25) is 9.78 Å². The molecule has 0 aliphatic carbocycles. The molecule has 4 heteroatoms. The summed E-state index contributed by atoms with van der Waals surface area (Å²) in [7, 11) is 0. The third kappa shape index (κ3) is 2.54. The van der Waals surface area contributed by atoms with Gasteiger partial charge in [0.2, 0.25) is 5.91 Å². The van der Waals surface area contributed by atoms with Crippen LogP contribution in [0.15, 0.2) is 53.7 Å². The molecule has 0 spiro atoms. The minimum atomic E-state index is -0.801. The highest BCUT2D eigenvalue weighted by atomic mass is 32.2. The molecule has 2 rings (SSSR count). The number of nitrogens with zero attached hydrogens (tertiary/aromatic N) is 1. The highest BCUT2D eigenvalue weighted by Gasteiger charge is 2.34. The molecule has 0 saturated heterocycles. The third-order valence-corrected chi connectivity index (χ3v) is 4.06. The quantitative estimate of drug-likeness (QED) is 0.855. The number of thioether (sulfide) groups is 1. The molecule has 1 atom stereocenters.